The summed E-state index contributed by atoms with van der Waals surface area (Å²) in [7, 11) is 1.84. The molecule has 4 nitrogen and oxygen atoms in total. The van der Waals surface area contributed by atoms with Crippen LogP contribution in [0.1, 0.15) is 6.42 Å². The highest BCUT2D eigenvalue weighted by Gasteiger charge is 2.23. The van der Waals surface area contributed by atoms with Crippen molar-refractivity contribution in [2.45, 2.75) is 12.5 Å². The van der Waals surface area contributed by atoms with Crippen LogP contribution in [0, 0.1) is 0 Å². The van der Waals surface area contributed by atoms with Crippen LogP contribution in [-0.4, -0.2) is 43.6 Å². The van der Waals surface area contributed by atoms with Crippen LogP contribution in [0.25, 0.3) is 0 Å². The molecule has 1 atom stereocenters. The molecule has 1 aliphatic rings. The van der Waals surface area contributed by atoms with Crippen molar-refractivity contribution >= 4 is 18.3 Å². The molecular formula is C13H19ClN2O2. The number of carbonyl (C=O) groups excluding carboxylic acids is 1. The molecule has 1 fully saturated rings. The van der Waals surface area contributed by atoms with Gasteiger partial charge in [-0.3, -0.25) is 4.79 Å². The Hall–Kier alpha value is -1.26. The summed E-state index contributed by atoms with van der Waals surface area (Å²) >= 11 is 0. The second-order valence-corrected chi connectivity index (χ2v) is 4.25. The number of ether oxygens (including phenoxy) is 1. The molecule has 0 aromatic heterocycles. The molecule has 100 valence electrons. The molecule has 18 heavy (non-hydrogen) atoms. The molecule has 5 heteroatoms. The molecule has 1 saturated heterocycles. The lowest BCUT2D eigenvalue weighted by Crippen LogP contribution is -2.40. The second kappa shape index (κ2) is 7.24. The van der Waals surface area contributed by atoms with E-state index >= 15 is 0 Å². The van der Waals surface area contributed by atoms with Crippen LogP contribution >= 0.6 is 12.4 Å². The van der Waals surface area contributed by atoms with Crippen molar-refractivity contribution in [3.63, 3.8) is 0 Å². The smallest absolute Gasteiger partial charge is 0.260 e. The number of nitrogens with zero attached hydrogens (tertiary/aromatic N) is 1. The second-order valence-electron chi connectivity index (χ2n) is 4.25. The number of amides is 1. The zero-order chi connectivity index (χ0) is 12.1. The number of nitrogens with one attached hydrogen (secondary N) is 1. The molecule has 2 rings (SSSR count). The van der Waals surface area contributed by atoms with E-state index in [1.807, 2.05) is 37.4 Å². The molecule has 1 amide bonds. The molecule has 1 aromatic carbocycles. The van der Waals surface area contributed by atoms with Crippen molar-refractivity contribution in [3.8, 4) is 5.75 Å². The first kappa shape index (κ1) is 14.8. The first-order valence-corrected chi connectivity index (χ1v) is 5.91. The lowest BCUT2D eigenvalue weighted by atomic mass is 10.2. The van der Waals surface area contributed by atoms with E-state index in [0.29, 0.717) is 6.04 Å². The topological polar surface area (TPSA) is 41.6 Å². The SMILES string of the molecule is CN(C(=O)COc1ccccc1)C1CCNC1.Cl. The van der Waals surface area contributed by atoms with Crippen molar-refractivity contribution in [3.05, 3.63) is 30.3 Å². The molecule has 1 heterocycles. The van der Waals surface area contributed by atoms with Crippen molar-refractivity contribution in [1.29, 1.82) is 0 Å². The summed E-state index contributed by atoms with van der Waals surface area (Å²) in [5.74, 6) is 0.765. The van der Waals surface area contributed by atoms with E-state index in [0.717, 1.165) is 25.3 Å². The highest BCUT2D eigenvalue weighted by atomic mass is 35.5. The van der Waals surface area contributed by atoms with Gasteiger partial charge < -0.3 is 15.0 Å². The van der Waals surface area contributed by atoms with E-state index in [2.05, 4.69) is 5.32 Å². The number of carbonyl (C=O) groups is 1. The largest absolute Gasteiger partial charge is 0.484 e. The number of benzene rings is 1. The first-order chi connectivity index (χ1) is 8.27. The lowest BCUT2D eigenvalue weighted by Gasteiger charge is -2.23. The van der Waals surface area contributed by atoms with Crippen LogP contribution in [0.4, 0.5) is 0 Å². The zero-order valence-corrected chi connectivity index (χ0v) is 11.3. The van der Waals surface area contributed by atoms with Crippen LogP contribution in [0.2, 0.25) is 0 Å². The Kier molecular flexibility index (Phi) is 5.95. The minimum atomic E-state index is 0. The summed E-state index contributed by atoms with van der Waals surface area (Å²) in [6, 6.07) is 9.72. The third-order valence-electron chi connectivity index (χ3n) is 3.08. The maximum atomic E-state index is 11.9. The number of halogens is 1. The summed E-state index contributed by atoms with van der Waals surface area (Å²) in [6.07, 6.45) is 1.02. The summed E-state index contributed by atoms with van der Waals surface area (Å²) in [5, 5.41) is 3.25. The fourth-order valence-electron chi connectivity index (χ4n) is 1.94. The van der Waals surface area contributed by atoms with E-state index in [4.69, 9.17) is 4.74 Å². The van der Waals surface area contributed by atoms with Crippen LogP contribution in [0.15, 0.2) is 30.3 Å². The van der Waals surface area contributed by atoms with E-state index in [1.165, 1.54) is 0 Å². The molecule has 0 aliphatic carbocycles. The predicted molar refractivity (Wildman–Crippen MR) is 73.2 cm³/mol. The van der Waals surface area contributed by atoms with Crippen molar-refractivity contribution in [2.24, 2.45) is 0 Å². The van der Waals surface area contributed by atoms with Gasteiger partial charge in [-0.2, -0.15) is 0 Å². The van der Waals surface area contributed by atoms with Gasteiger partial charge in [0.05, 0.1) is 0 Å². The number of rotatable bonds is 4. The molecule has 1 aliphatic heterocycles. The van der Waals surface area contributed by atoms with Gasteiger partial charge in [-0.05, 0) is 25.1 Å². The summed E-state index contributed by atoms with van der Waals surface area (Å²) in [4.78, 5) is 13.7. The van der Waals surface area contributed by atoms with Gasteiger partial charge in [-0.15, -0.1) is 12.4 Å². The highest BCUT2D eigenvalue weighted by Crippen LogP contribution is 2.10. The van der Waals surface area contributed by atoms with Crippen LogP contribution in [-0.2, 0) is 4.79 Å². The average molecular weight is 271 g/mol. The van der Waals surface area contributed by atoms with Gasteiger partial charge in [0.25, 0.3) is 5.91 Å². The average Bonchev–Trinajstić information content (AvgIpc) is 2.90. The Labute approximate surface area is 114 Å². The maximum absolute atomic E-state index is 11.9. The van der Waals surface area contributed by atoms with Crippen LogP contribution in [0.5, 0.6) is 5.75 Å². The minimum absolute atomic E-state index is 0. The van der Waals surface area contributed by atoms with Gasteiger partial charge in [0.2, 0.25) is 0 Å². The monoisotopic (exact) mass is 270 g/mol. The number of hydrogen-bond acceptors (Lipinski definition) is 3. The fraction of sp³-hybridized carbons (Fsp3) is 0.462. The lowest BCUT2D eigenvalue weighted by molar-refractivity contribution is -0.133. The zero-order valence-electron chi connectivity index (χ0n) is 10.5. The van der Waals surface area contributed by atoms with Gasteiger partial charge in [-0.1, -0.05) is 18.2 Å². The summed E-state index contributed by atoms with van der Waals surface area (Å²) < 4.78 is 5.44. The minimum Gasteiger partial charge on any atom is -0.484 e. The third-order valence-corrected chi connectivity index (χ3v) is 3.08. The molecule has 0 spiro atoms. The standard InChI is InChI=1S/C13H18N2O2.ClH/c1-15(11-7-8-14-9-11)13(16)10-17-12-5-3-2-4-6-12;/h2-6,11,14H,7-10H2,1H3;1H. The normalized spacial score (nSPS) is 17.9. The fourth-order valence-corrected chi connectivity index (χ4v) is 1.94. The number of likely N-dealkylation sites (N-methyl/N-ethyl adjacent to an activating group) is 1. The molecule has 0 saturated carbocycles. The molecule has 0 radical (unpaired) electrons. The maximum Gasteiger partial charge on any atom is 0.260 e. The van der Waals surface area contributed by atoms with Gasteiger partial charge >= 0.3 is 0 Å². The quantitative estimate of drug-likeness (QED) is 0.897. The van der Waals surface area contributed by atoms with Crippen LogP contribution in [0.3, 0.4) is 0 Å². The van der Waals surface area contributed by atoms with Gasteiger partial charge in [0.1, 0.15) is 5.75 Å². The van der Waals surface area contributed by atoms with Crippen molar-refractivity contribution in [2.75, 3.05) is 26.7 Å². The Balaban J connectivity index is 0.00000162. The number of para-hydroxylation sites is 1. The van der Waals surface area contributed by atoms with E-state index in [1.54, 1.807) is 4.90 Å². The molecule has 1 aromatic rings. The third kappa shape index (κ3) is 3.89. The Bertz CT molecular complexity index is 367. The molecule has 1 unspecified atom stereocenters. The van der Waals surface area contributed by atoms with Crippen LogP contribution < -0.4 is 10.1 Å². The van der Waals surface area contributed by atoms with Gasteiger partial charge in [0.15, 0.2) is 6.61 Å². The molecule has 0 bridgehead atoms. The van der Waals surface area contributed by atoms with Gasteiger partial charge in [-0.25, -0.2) is 0 Å². The first-order valence-electron chi connectivity index (χ1n) is 5.91. The van der Waals surface area contributed by atoms with E-state index in [-0.39, 0.29) is 24.9 Å². The predicted octanol–water partition coefficient (Wildman–Crippen LogP) is 1.31. The highest BCUT2D eigenvalue weighted by molar-refractivity contribution is 5.85. The summed E-state index contributed by atoms with van der Waals surface area (Å²) in [6.45, 7) is 1.98. The van der Waals surface area contributed by atoms with Crippen molar-refractivity contribution < 1.29 is 9.53 Å². The Morgan fingerprint density at radius 2 is 2.17 bits per heavy atom. The molecular weight excluding hydrogens is 252 g/mol. The molecule has 1 N–H and O–H groups in total. The van der Waals surface area contributed by atoms with Crippen molar-refractivity contribution in [1.82, 2.24) is 10.2 Å². The van der Waals surface area contributed by atoms with E-state index < -0.39 is 0 Å². The van der Waals surface area contributed by atoms with Gasteiger partial charge in [0, 0.05) is 19.6 Å². The Morgan fingerprint density at radius 3 is 2.78 bits per heavy atom. The van der Waals surface area contributed by atoms with E-state index in [9.17, 15) is 4.79 Å². The Morgan fingerprint density at radius 1 is 1.44 bits per heavy atom. The summed E-state index contributed by atoms with van der Waals surface area (Å²) in [5.41, 5.74) is 0. The number of hydrogen-bond donors (Lipinski definition) is 1.